The molecule has 0 N–H and O–H groups in total. The van der Waals surface area contributed by atoms with Crippen LogP contribution in [0.15, 0.2) is 48.5 Å². The van der Waals surface area contributed by atoms with Gasteiger partial charge in [-0.25, -0.2) is 4.79 Å². The molecule has 2 aromatic carbocycles. The van der Waals surface area contributed by atoms with Crippen molar-refractivity contribution in [1.29, 1.82) is 0 Å². The van der Waals surface area contributed by atoms with Gasteiger partial charge in [-0.15, -0.1) is 0 Å². The summed E-state index contributed by atoms with van der Waals surface area (Å²) in [6.07, 6.45) is 0. The minimum Gasteiger partial charge on any atom is -0.456 e. The van der Waals surface area contributed by atoms with Crippen molar-refractivity contribution >= 4 is 35.2 Å². The Hall–Kier alpha value is -2.99. The third kappa shape index (κ3) is 3.55. The van der Waals surface area contributed by atoms with Gasteiger partial charge in [0.2, 0.25) is 5.78 Å². The van der Waals surface area contributed by atoms with Crippen LogP contribution in [-0.2, 0) is 9.53 Å². The Labute approximate surface area is 167 Å². The molecule has 0 bridgehead atoms. The highest BCUT2D eigenvalue weighted by molar-refractivity contribution is 6.34. The monoisotopic (exact) mass is 399 g/mol. The lowest BCUT2D eigenvalue weighted by atomic mass is 10.0. The Kier molecular flexibility index (Phi) is 5.61. The SMILES string of the molecule is CC(C)[C@H](C(=O)OCC(=O)c1ccccc1Cl)N1C(=O)c2ccccc2C1=O. The summed E-state index contributed by atoms with van der Waals surface area (Å²) in [7, 11) is 0. The van der Waals surface area contributed by atoms with Gasteiger partial charge in [0.15, 0.2) is 6.61 Å². The van der Waals surface area contributed by atoms with E-state index in [2.05, 4.69) is 0 Å². The Bertz CT molecular complexity index is 934. The molecule has 28 heavy (non-hydrogen) atoms. The van der Waals surface area contributed by atoms with Gasteiger partial charge in [0.05, 0.1) is 16.1 Å². The van der Waals surface area contributed by atoms with E-state index in [1.807, 2.05) is 0 Å². The molecule has 0 aliphatic carbocycles. The second kappa shape index (κ2) is 7.94. The highest BCUT2D eigenvalue weighted by atomic mass is 35.5. The zero-order chi connectivity index (χ0) is 20.4. The van der Waals surface area contributed by atoms with Crippen molar-refractivity contribution in [3.8, 4) is 0 Å². The lowest BCUT2D eigenvalue weighted by Crippen LogP contribution is -2.49. The highest BCUT2D eigenvalue weighted by Crippen LogP contribution is 2.27. The van der Waals surface area contributed by atoms with Crippen molar-refractivity contribution in [1.82, 2.24) is 4.90 Å². The van der Waals surface area contributed by atoms with E-state index in [0.717, 1.165) is 4.90 Å². The number of rotatable bonds is 6. The minimum absolute atomic E-state index is 0.235. The Morgan fingerprint density at radius 2 is 1.50 bits per heavy atom. The van der Waals surface area contributed by atoms with E-state index in [1.54, 1.807) is 56.3 Å². The maximum atomic E-state index is 12.7. The molecule has 0 saturated carbocycles. The summed E-state index contributed by atoms with van der Waals surface area (Å²) < 4.78 is 5.15. The van der Waals surface area contributed by atoms with E-state index in [1.165, 1.54) is 6.07 Å². The van der Waals surface area contributed by atoms with E-state index in [4.69, 9.17) is 16.3 Å². The average molecular weight is 400 g/mol. The van der Waals surface area contributed by atoms with Crippen LogP contribution in [0.25, 0.3) is 0 Å². The molecule has 3 rings (SSSR count). The van der Waals surface area contributed by atoms with E-state index < -0.39 is 42.1 Å². The fourth-order valence-corrected chi connectivity index (χ4v) is 3.36. The predicted molar refractivity (Wildman–Crippen MR) is 102 cm³/mol. The summed E-state index contributed by atoms with van der Waals surface area (Å²) in [4.78, 5) is 51.2. The van der Waals surface area contributed by atoms with Gasteiger partial charge in [0.1, 0.15) is 6.04 Å². The van der Waals surface area contributed by atoms with Gasteiger partial charge in [0.25, 0.3) is 11.8 Å². The summed E-state index contributed by atoms with van der Waals surface area (Å²) in [5, 5.41) is 0.254. The number of hydrogen-bond acceptors (Lipinski definition) is 5. The molecule has 1 heterocycles. The van der Waals surface area contributed by atoms with Gasteiger partial charge in [0, 0.05) is 5.56 Å². The number of fused-ring (bicyclic) bond motifs is 1. The van der Waals surface area contributed by atoms with Crippen molar-refractivity contribution in [2.45, 2.75) is 19.9 Å². The van der Waals surface area contributed by atoms with E-state index in [9.17, 15) is 19.2 Å². The summed E-state index contributed by atoms with van der Waals surface area (Å²) in [6, 6.07) is 11.7. The van der Waals surface area contributed by atoms with E-state index in [-0.39, 0.29) is 21.7 Å². The molecule has 0 radical (unpaired) electrons. The number of esters is 1. The van der Waals surface area contributed by atoms with Crippen molar-refractivity contribution in [3.63, 3.8) is 0 Å². The second-order valence-corrected chi connectivity index (χ2v) is 7.13. The smallest absolute Gasteiger partial charge is 0.330 e. The molecule has 0 saturated heterocycles. The first-order valence-electron chi connectivity index (χ1n) is 8.74. The quantitative estimate of drug-likeness (QED) is 0.422. The lowest BCUT2D eigenvalue weighted by molar-refractivity contribution is -0.148. The molecular formula is C21H18ClNO5. The molecule has 1 aliphatic heterocycles. The van der Waals surface area contributed by atoms with Crippen LogP contribution in [0.4, 0.5) is 0 Å². The van der Waals surface area contributed by atoms with Gasteiger partial charge < -0.3 is 4.74 Å². The van der Waals surface area contributed by atoms with Crippen LogP contribution in [0.5, 0.6) is 0 Å². The molecule has 0 unspecified atom stereocenters. The third-order valence-corrected chi connectivity index (χ3v) is 4.83. The minimum atomic E-state index is -1.13. The normalized spacial score (nSPS) is 14.2. The largest absolute Gasteiger partial charge is 0.456 e. The first-order valence-corrected chi connectivity index (χ1v) is 9.12. The van der Waals surface area contributed by atoms with Gasteiger partial charge in [-0.2, -0.15) is 0 Å². The van der Waals surface area contributed by atoms with Gasteiger partial charge in [-0.05, 0) is 30.2 Å². The number of amides is 2. The predicted octanol–water partition coefficient (Wildman–Crippen LogP) is 3.39. The van der Waals surface area contributed by atoms with Crippen LogP contribution in [0.1, 0.15) is 44.9 Å². The fraction of sp³-hybridized carbons (Fsp3) is 0.238. The van der Waals surface area contributed by atoms with Gasteiger partial charge in [-0.1, -0.05) is 49.7 Å². The number of carbonyl (C=O) groups is 4. The van der Waals surface area contributed by atoms with Crippen LogP contribution in [0.2, 0.25) is 5.02 Å². The van der Waals surface area contributed by atoms with Crippen LogP contribution in [-0.4, -0.2) is 41.1 Å². The summed E-state index contributed by atoms with van der Waals surface area (Å²) in [6.45, 7) is 2.87. The first kappa shape index (κ1) is 19.8. The lowest BCUT2D eigenvalue weighted by Gasteiger charge is -2.27. The molecular weight excluding hydrogens is 382 g/mol. The molecule has 144 valence electrons. The van der Waals surface area contributed by atoms with Crippen LogP contribution in [0.3, 0.4) is 0 Å². The first-order chi connectivity index (χ1) is 13.3. The number of nitrogens with zero attached hydrogens (tertiary/aromatic N) is 1. The zero-order valence-corrected chi connectivity index (χ0v) is 16.1. The Morgan fingerprint density at radius 3 is 2.04 bits per heavy atom. The van der Waals surface area contributed by atoms with Crippen molar-refractivity contribution in [2.75, 3.05) is 6.61 Å². The zero-order valence-electron chi connectivity index (χ0n) is 15.3. The summed E-state index contributed by atoms with van der Waals surface area (Å²) >= 11 is 5.98. The van der Waals surface area contributed by atoms with Gasteiger partial charge in [-0.3, -0.25) is 19.3 Å². The van der Waals surface area contributed by atoms with E-state index in [0.29, 0.717) is 0 Å². The molecule has 6 nitrogen and oxygen atoms in total. The molecule has 0 aromatic heterocycles. The maximum absolute atomic E-state index is 12.7. The third-order valence-electron chi connectivity index (χ3n) is 4.50. The number of ether oxygens (including phenoxy) is 1. The topological polar surface area (TPSA) is 80.8 Å². The maximum Gasteiger partial charge on any atom is 0.330 e. The molecule has 0 spiro atoms. The van der Waals surface area contributed by atoms with Crippen LogP contribution < -0.4 is 0 Å². The number of imide groups is 1. The molecule has 7 heteroatoms. The fourth-order valence-electron chi connectivity index (χ4n) is 3.12. The number of Topliss-reactive ketones (excluding diaryl/α,β-unsaturated/α-hetero) is 1. The Balaban J connectivity index is 1.77. The summed E-state index contributed by atoms with van der Waals surface area (Å²) in [5.41, 5.74) is 0.731. The second-order valence-electron chi connectivity index (χ2n) is 6.73. The van der Waals surface area contributed by atoms with Crippen molar-refractivity contribution in [3.05, 3.63) is 70.2 Å². The highest BCUT2D eigenvalue weighted by Gasteiger charge is 2.44. The number of benzene rings is 2. The number of hydrogen-bond donors (Lipinski definition) is 0. The average Bonchev–Trinajstić information content (AvgIpc) is 2.92. The summed E-state index contributed by atoms with van der Waals surface area (Å²) in [5.74, 6) is -2.78. The number of ketones is 1. The van der Waals surface area contributed by atoms with Crippen LogP contribution >= 0.6 is 11.6 Å². The number of carbonyl (C=O) groups excluding carboxylic acids is 4. The standard InChI is InChI=1S/C21H18ClNO5/c1-12(2)18(23-19(25)13-7-3-4-8-14(13)20(23)26)21(27)28-11-17(24)15-9-5-6-10-16(15)22/h3-10,12,18H,11H2,1-2H3/t18-/m1/s1. The van der Waals surface area contributed by atoms with Gasteiger partial charge >= 0.3 is 5.97 Å². The molecule has 1 aliphatic rings. The molecule has 1 atom stereocenters. The number of halogens is 1. The molecule has 0 fully saturated rings. The van der Waals surface area contributed by atoms with Crippen LogP contribution in [0, 0.1) is 5.92 Å². The Morgan fingerprint density at radius 1 is 0.964 bits per heavy atom. The van der Waals surface area contributed by atoms with Crippen molar-refractivity contribution in [2.24, 2.45) is 5.92 Å². The molecule has 2 aromatic rings. The van der Waals surface area contributed by atoms with Crippen molar-refractivity contribution < 1.29 is 23.9 Å². The molecule has 2 amide bonds. The van der Waals surface area contributed by atoms with E-state index >= 15 is 0 Å².